The summed E-state index contributed by atoms with van der Waals surface area (Å²) in [6, 6.07) is 9.61. The number of thiazole rings is 1. The zero-order valence-electron chi connectivity index (χ0n) is 20.2. The molecule has 0 bridgehead atoms. The molecule has 0 spiro atoms. The molecule has 3 heterocycles. The first-order valence-corrected chi connectivity index (χ1v) is 12.3. The number of benzene rings is 1. The lowest BCUT2D eigenvalue weighted by atomic mass is 10.2. The first-order chi connectivity index (χ1) is 15.8. The van der Waals surface area contributed by atoms with E-state index in [0.717, 1.165) is 37.3 Å². The topological polar surface area (TPSA) is 83.4 Å². The molecule has 1 N–H and O–H groups in total. The van der Waals surface area contributed by atoms with Crippen LogP contribution < -0.4 is 15.8 Å². The minimum absolute atomic E-state index is 0. The summed E-state index contributed by atoms with van der Waals surface area (Å²) in [7, 11) is 4.02. The van der Waals surface area contributed by atoms with Crippen LogP contribution >= 0.6 is 23.7 Å². The molecule has 1 saturated heterocycles. The molecule has 10 heteroatoms. The summed E-state index contributed by atoms with van der Waals surface area (Å²) >= 11 is 1.41. The summed E-state index contributed by atoms with van der Waals surface area (Å²) in [4.78, 5) is 40.5. The Kier molecular flexibility index (Phi) is 8.67. The average molecular weight is 505 g/mol. The predicted octanol–water partition coefficient (Wildman–Crippen LogP) is 3.25. The smallest absolute Gasteiger partial charge is 0.281 e. The third-order valence-corrected chi connectivity index (χ3v) is 6.92. The van der Waals surface area contributed by atoms with Gasteiger partial charge in [-0.05, 0) is 46.3 Å². The van der Waals surface area contributed by atoms with Gasteiger partial charge < -0.3 is 15.1 Å². The molecular formula is C24H33ClN6O2S. The summed E-state index contributed by atoms with van der Waals surface area (Å²) in [5, 5.41) is 3.76. The third-order valence-electron chi connectivity index (χ3n) is 5.94. The molecule has 3 aromatic rings. The number of carbonyl (C=O) groups is 1. The van der Waals surface area contributed by atoms with E-state index in [1.54, 1.807) is 4.57 Å². The Bertz CT molecular complexity index is 1180. The summed E-state index contributed by atoms with van der Waals surface area (Å²) in [6.45, 7) is 6.05. The van der Waals surface area contributed by atoms with Crippen LogP contribution in [0.3, 0.4) is 0 Å². The monoisotopic (exact) mass is 504 g/mol. The van der Waals surface area contributed by atoms with Crippen LogP contribution in [0.1, 0.15) is 44.1 Å². The number of likely N-dealkylation sites (N-methyl/N-ethyl adjacent to an activating group) is 1. The number of nitrogens with one attached hydrogen (secondary N) is 1. The number of amides is 1. The zero-order valence-corrected chi connectivity index (χ0v) is 21.8. The van der Waals surface area contributed by atoms with E-state index in [4.69, 9.17) is 4.98 Å². The second kappa shape index (κ2) is 11.3. The quantitative estimate of drug-likeness (QED) is 0.507. The maximum atomic E-state index is 13.3. The first-order valence-electron chi connectivity index (χ1n) is 11.5. The Hall–Kier alpha value is -2.49. The molecule has 1 aromatic carbocycles. The standard InChI is InChI=1S/C24H32N6O2S.ClH/c1-16(2)30-19(12-14-28(3)4)26-22-20(23(30)32)27-24(33-22)29-13-8-11-18(29)21(31)25-15-17-9-6-5-7-10-17;/h5-7,9-10,16,18H,8,11-15H2,1-4H3,(H,25,31);1H/t18-;/m1./s1. The molecule has 0 saturated carbocycles. The molecule has 184 valence electrons. The lowest BCUT2D eigenvalue weighted by Gasteiger charge is -2.23. The SMILES string of the molecule is CC(C)n1c(CCN(C)C)nc2sc(N3CCC[C@@H]3C(=O)NCc3ccccc3)nc2c1=O.Cl. The van der Waals surface area contributed by atoms with Gasteiger partial charge in [0, 0.05) is 32.1 Å². The van der Waals surface area contributed by atoms with Gasteiger partial charge in [0.25, 0.3) is 5.56 Å². The number of anilines is 1. The van der Waals surface area contributed by atoms with E-state index in [-0.39, 0.29) is 36.0 Å². The van der Waals surface area contributed by atoms with E-state index >= 15 is 0 Å². The van der Waals surface area contributed by atoms with Gasteiger partial charge >= 0.3 is 0 Å². The van der Waals surface area contributed by atoms with Crippen LogP contribution in [0, 0.1) is 0 Å². The molecule has 1 aliphatic rings. The molecular weight excluding hydrogens is 472 g/mol. The van der Waals surface area contributed by atoms with E-state index in [2.05, 4.69) is 15.2 Å². The Morgan fingerprint density at radius 3 is 2.65 bits per heavy atom. The number of hydrogen-bond acceptors (Lipinski definition) is 7. The van der Waals surface area contributed by atoms with Crippen molar-refractivity contribution in [1.29, 1.82) is 0 Å². The van der Waals surface area contributed by atoms with Crippen molar-refractivity contribution >= 4 is 45.1 Å². The zero-order chi connectivity index (χ0) is 23.5. The Balaban J connectivity index is 0.00000324. The number of aromatic nitrogens is 3. The molecule has 1 amide bonds. The minimum atomic E-state index is -0.283. The second-order valence-corrected chi connectivity index (χ2v) is 10.0. The van der Waals surface area contributed by atoms with Crippen LogP contribution in [0.5, 0.6) is 0 Å². The van der Waals surface area contributed by atoms with E-state index in [0.29, 0.717) is 28.4 Å². The van der Waals surface area contributed by atoms with Crippen LogP contribution in [0.15, 0.2) is 35.1 Å². The van der Waals surface area contributed by atoms with Gasteiger partial charge in [-0.25, -0.2) is 9.97 Å². The van der Waals surface area contributed by atoms with Crippen LogP contribution in [0.2, 0.25) is 0 Å². The molecule has 1 atom stereocenters. The van der Waals surface area contributed by atoms with Crippen molar-refractivity contribution < 1.29 is 4.79 Å². The molecule has 34 heavy (non-hydrogen) atoms. The largest absolute Gasteiger partial charge is 0.350 e. The van der Waals surface area contributed by atoms with Gasteiger partial charge in [0.05, 0.1) is 0 Å². The minimum Gasteiger partial charge on any atom is -0.350 e. The highest BCUT2D eigenvalue weighted by Crippen LogP contribution is 2.32. The van der Waals surface area contributed by atoms with Crippen molar-refractivity contribution in [3.8, 4) is 0 Å². The highest BCUT2D eigenvalue weighted by Gasteiger charge is 2.33. The lowest BCUT2D eigenvalue weighted by molar-refractivity contribution is -0.122. The molecule has 0 radical (unpaired) electrons. The van der Waals surface area contributed by atoms with Crippen LogP contribution in [-0.2, 0) is 17.8 Å². The van der Waals surface area contributed by atoms with Crippen LogP contribution in [-0.4, -0.2) is 58.6 Å². The predicted molar refractivity (Wildman–Crippen MR) is 140 cm³/mol. The number of rotatable bonds is 8. The van der Waals surface area contributed by atoms with Crippen molar-refractivity contribution in [2.75, 3.05) is 32.1 Å². The molecule has 1 aliphatic heterocycles. The van der Waals surface area contributed by atoms with Crippen molar-refractivity contribution in [2.45, 2.75) is 51.7 Å². The fourth-order valence-electron chi connectivity index (χ4n) is 4.25. The highest BCUT2D eigenvalue weighted by molar-refractivity contribution is 7.21. The number of carbonyl (C=O) groups excluding carboxylic acids is 1. The number of hydrogen-bond donors (Lipinski definition) is 1. The van der Waals surface area contributed by atoms with Crippen molar-refractivity contribution in [2.24, 2.45) is 0 Å². The van der Waals surface area contributed by atoms with E-state index < -0.39 is 0 Å². The maximum absolute atomic E-state index is 13.3. The van der Waals surface area contributed by atoms with Gasteiger partial charge in [0.15, 0.2) is 15.5 Å². The second-order valence-electron chi connectivity index (χ2n) is 9.06. The van der Waals surface area contributed by atoms with Crippen molar-refractivity contribution in [3.63, 3.8) is 0 Å². The molecule has 1 fully saturated rings. The molecule has 4 rings (SSSR count). The van der Waals surface area contributed by atoms with Gasteiger partial charge in [-0.15, -0.1) is 12.4 Å². The molecule has 0 unspecified atom stereocenters. The van der Waals surface area contributed by atoms with Crippen molar-refractivity contribution in [1.82, 2.24) is 24.8 Å². The third kappa shape index (κ3) is 5.59. The number of halogens is 1. The van der Waals surface area contributed by atoms with Gasteiger partial charge in [-0.2, -0.15) is 0 Å². The first kappa shape index (κ1) is 26.1. The number of fused-ring (bicyclic) bond motifs is 1. The van der Waals surface area contributed by atoms with Crippen LogP contribution in [0.25, 0.3) is 10.3 Å². The van der Waals surface area contributed by atoms with Gasteiger partial charge in [0.2, 0.25) is 5.91 Å². The van der Waals surface area contributed by atoms with E-state index in [1.165, 1.54) is 11.3 Å². The highest BCUT2D eigenvalue weighted by atomic mass is 35.5. The Morgan fingerprint density at radius 2 is 1.97 bits per heavy atom. The van der Waals surface area contributed by atoms with Gasteiger partial charge in [-0.1, -0.05) is 41.7 Å². The molecule has 0 aliphatic carbocycles. The summed E-state index contributed by atoms with van der Waals surface area (Å²) in [6.07, 6.45) is 2.38. The van der Waals surface area contributed by atoms with Crippen LogP contribution in [0.4, 0.5) is 5.13 Å². The van der Waals surface area contributed by atoms with E-state index in [9.17, 15) is 9.59 Å². The molecule has 2 aromatic heterocycles. The van der Waals surface area contributed by atoms with Crippen molar-refractivity contribution in [3.05, 3.63) is 52.1 Å². The maximum Gasteiger partial charge on any atom is 0.281 e. The molecule has 8 nitrogen and oxygen atoms in total. The average Bonchev–Trinajstić information content (AvgIpc) is 3.43. The normalized spacial score (nSPS) is 15.8. The Labute approximate surface area is 210 Å². The summed E-state index contributed by atoms with van der Waals surface area (Å²) in [5.74, 6) is 0.778. The number of nitrogens with zero attached hydrogens (tertiary/aromatic N) is 5. The fourth-order valence-corrected chi connectivity index (χ4v) is 5.27. The summed E-state index contributed by atoms with van der Waals surface area (Å²) < 4.78 is 1.75. The van der Waals surface area contributed by atoms with Gasteiger partial charge in [-0.3, -0.25) is 14.2 Å². The Morgan fingerprint density at radius 1 is 1.24 bits per heavy atom. The summed E-state index contributed by atoms with van der Waals surface area (Å²) in [5.41, 5.74) is 1.36. The lowest BCUT2D eigenvalue weighted by Crippen LogP contribution is -2.43. The fraction of sp³-hybridized carbons (Fsp3) is 0.500. The van der Waals surface area contributed by atoms with E-state index in [1.807, 2.05) is 63.2 Å². The van der Waals surface area contributed by atoms with Gasteiger partial charge in [0.1, 0.15) is 11.9 Å².